The summed E-state index contributed by atoms with van der Waals surface area (Å²) in [6, 6.07) is 10.3. The Balaban J connectivity index is 2.38. The van der Waals surface area contributed by atoms with Gasteiger partial charge in [-0.25, -0.2) is 4.98 Å². The zero-order valence-corrected chi connectivity index (χ0v) is 12.0. The van der Waals surface area contributed by atoms with Crippen LogP contribution in [-0.4, -0.2) is 17.9 Å². The molecule has 0 aliphatic rings. The van der Waals surface area contributed by atoms with Crippen LogP contribution in [0, 0.1) is 11.3 Å². The van der Waals surface area contributed by atoms with Gasteiger partial charge in [0.25, 0.3) is 5.91 Å². The number of benzene rings is 1. The lowest BCUT2D eigenvalue weighted by molar-refractivity contribution is 0.0992. The number of hydrogen-bond acceptors (Lipinski definition) is 3. The fourth-order valence-electron chi connectivity index (χ4n) is 1.70. The average molecular weight is 306 g/mol. The lowest BCUT2D eigenvalue weighted by atomic mass is 10.1. The monoisotopic (exact) mass is 305 g/mol. The molecule has 0 bridgehead atoms. The van der Waals surface area contributed by atoms with Gasteiger partial charge in [-0.2, -0.15) is 5.26 Å². The molecule has 0 spiro atoms. The van der Waals surface area contributed by atoms with Gasteiger partial charge >= 0.3 is 0 Å². The Morgan fingerprint density at radius 1 is 1.35 bits per heavy atom. The third-order valence-electron chi connectivity index (χ3n) is 2.73. The number of halogens is 2. The van der Waals surface area contributed by atoms with Crippen LogP contribution < -0.4 is 4.90 Å². The van der Waals surface area contributed by atoms with Crippen molar-refractivity contribution >= 4 is 34.8 Å². The molecule has 0 unspecified atom stereocenters. The van der Waals surface area contributed by atoms with Crippen LogP contribution in [-0.2, 0) is 0 Å². The third-order valence-corrected chi connectivity index (χ3v) is 3.42. The van der Waals surface area contributed by atoms with Crippen LogP contribution in [0.1, 0.15) is 15.9 Å². The minimum absolute atomic E-state index is 0.142. The van der Waals surface area contributed by atoms with Gasteiger partial charge in [-0.05, 0) is 18.2 Å². The first-order chi connectivity index (χ1) is 9.54. The van der Waals surface area contributed by atoms with Crippen molar-refractivity contribution in [2.75, 3.05) is 11.9 Å². The second-order valence-electron chi connectivity index (χ2n) is 3.99. The Morgan fingerprint density at radius 2 is 2.05 bits per heavy atom. The van der Waals surface area contributed by atoms with E-state index in [0.29, 0.717) is 16.8 Å². The molecule has 100 valence electrons. The maximum atomic E-state index is 12.4. The van der Waals surface area contributed by atoms with E-state index in [-0.39, 0.29) is 16.1 Å². The van der Waals surface area contributed by atoms with Gasteiger partial charge in [-0.3, -0.25) is 4.79 Å². The molecular weight excluding hydrogens is 297 g/mol. The van der Waals surface area contributed by atoms with Crippen LogP contribution in [0.4, 0.5) is 5.69 Å². The molecule has 4 nitrogen and oxygen atoms in total. The Morgan fingerprint density at radius 3 is 2.70 bits per heavy atom. The molecule has 0 radical (unpaired) electrons. The first kappa shape index (κ1) is 14.3. The smallest absolute Gasteiger partial charge is 0.259 e. The fraction of sp³-hybridized carbons (Fsp3) is 0.0714. The molecule has 6 heteroatoms. The topological polar surface area (TPSA) is 57.0 Å². The van der Waals surface area contributed by atoms with Gasteiger partial charge in [0.05, 0.1) is 21.8 Å². The van der Waals surface area contributed by atoms with E-state index in [2.05, 4.69) is 4.98 Å². The van der Waals surface area contributed by atoms with Gasteiger partial charge in [0.15, 0.2) is 0 Å². The van der Waals surface area contributed by atoms with E-state index in [9.17, 15) is 4.79 Å². The van der Waals surface area contributed by atoms with Crippen molar-refractivity contribution in [3.05, 3.63) is 57.8 Å². The van der Waals surface area contributed by atoms with Crippen molar-refractivity contribution in [2.45, 2.75) is 0 Å². The maximum Gasteiger partial charge on any atom is 0.259 e. The molecule has 0 atom stereocenters. The van der Waals surface area contributed by atoms with E-state index >= 15 is 0 Å². The summed E-state index contributed by atoms with van der Waals surface area (Å²) in [7, 11) is 1.58. The first-order valence-electron chi connectivity index (χ1n) is 5.63. The summed E-state index contributed by atoms with van der Waals surface area (Å²) in [4.78, 5) is 17.6. The van der Waals surface area contributed by atoms with E-state index in [1.54, 1.807) is 31.3 Å². The van der Waals surface area contributed by atoms with Gasteiger partial charge in [0.2, 0.25) is 0 Å². The fourth-order valence-corrected chi connectivity index (χ4v) is 1.97. The SMILES string of the molecule is CN(C(=O)c1cnc(Cl)c(Cl)c1)c1ccccc1C#N. The van der Waals surface area contributed by atoms with Crippen LogP contribution in [0.25, 0.3) is 0 Å². The van der Waals surface area contributed by atoms with Gasteiger partial charge in [0, 0.05) is 13.2 Å². The van der Waals surface area contributed by atoms with Gasteiger partial charge in [-0.1, -0.05) is 35.3 Å². The molecule has 0 saturated heterocycles. The zero-order valence-electron chi connectivity index (χ0n) is 10.5. The Hall–Kier alpha value is -2.09. The molecule has 0 fully saturated rings. The largest absolute Gasteiger partial charge is 0.310 e. The molecule has 0 aliphatic heterocycles. The summed E-state index contributed by atoms with van der Waals surface area (Å²) in [5.41, 5.74) is 1.23. The molecule has 0 saturated carbocycles. The number of carbonyl (C=O) groups excluding carboxylic acids is 1. The summed E-state index contributed by atoms with van der Waals surface area (Å²) < 4.78 is 0. The number of anilines is 1. The molecule has 0 aliphatic carbocycles. The molecule has 2 aromatic rings. The lowest BCUT2D eigenvalue weighted by Crippen LogP contribution is -2.27. The predicted molar refractivity (Wildman–Crippen MR) is 78.1 cm³/mol. The minimum atomic E-state index is -0.321. The molecular formula is C14H9Cl2N3O. The third kappa shape index (κ3) is 2.74. The van der Waals surface area contributed by atoms with Crippen LogP contribution in [0.2, 0.25) is 10.2 Å². The summed E-state index contributed by atoms with van der Waals surface area (Å²) in [5.74, 6) is -0.321. The first-order valence-corrected chi connectivity index (χ1v) is 6.38. The van der Waals surface area contributed by atoms with Crippen LogP contribution in [0.15, 0.2) is 36.5 Å². The predicted octanol–water partition coefficient (Wildman–Crippen LogP) is 3.54. The molecule has 20 heavy (non-hydrogen) atoms. The van der Waals surface area contributed by atoms with Gasteiger partial charge in [-0.15, -0.1) is 0 Å². The number of hydrogen-bond donors (Lipinski definition) is 0. The normalized spacial score (nSPS) is 9.90. The second-order valence-corrected chi connectivity index (χ2v) is 4.75. The van der Waals surface area contributed by atoms with E-state index in [0.717, 1.165) is 0 Å². The molecule has 0 N–H and O–H groups in total. The highest BCUT2D eigenvalue weighted by atomic mass is 35.5. The summed E-state index contributed by atoms with van der Waals surface area (Å²) in [6.07, 6.45) is 1.35. The van der Waals surface area contributed by atoms with Crippen LogP contribution in [0.5, 0.6) is 0 Å². The van der Waals surface area contributed by atoms with E-state index in [4.69, 9.17) is 28.5 Å². The number of nitriles is 1. The number of nitrogens with zero attached hydrogens (tertiary/aromatic N) is 3. The zero-order chi connectivity index (χ0) is 14.7. The van der Waals surface area contributed by atoms with E-state index in [1.807, 2.05) is 6.07 Å². The Labute approximate surface area is 126 Å². The molecule has 1 amide bonds. The maximum absolute atomic E-state index is 12.4. The highest BCUT2D eigenvalue weighted by Gasteiger charge is 2.17. The van der Waals surface area contributed by atoms with Gasteiger partial charge < -0.3 is 4.90 Å². The van der Waals surface area contributed by atoms with Crippen LogP contribution >= 0.6 is 23.2 Å². The van der Waals surface area contributed by atoms with Gasteiger partial charge in [0.1, 0.15) is 11.2 Å². The van der Waals surface area contributed by atoms with Crippen LogP contribution in [0.3, 0.4) is 0 Å². The quantitative estimate of drug-likeness (QED) is 0.797. The highest BCUT2D eigenvalue weighted by Crippen LogP contribution is 2.23. The minimum Gasteiger partial charge on any atom is -0.310 e. The standard InChI is InChI=1S/C14H9Cl2N3O/c1-19(12-5-3-2-4-9(12)7-17)14(20)10-6-11(15)13(16)18-8-10/h2-6,8H,1H3. The lowest BCUT2D eigenvalue weighted by Gasteiger charge is -2.18. The van der Waals surface area contributed by atoms with E-state index in [1.165, 1.54) is 17.2 Å². The van der Waals surface area contributed by atoms with Crippen molar-refractivity contribution < 1.29 is 4.79 Å². The molecule has 1 aromatic carbocycles. The molecule has 2 rings (SSSR count). The number of amides is 1. The van der Waals surface area contributed by atoms with Crippen molar-refractivity contribution in [3.8, 4) is 6.07 Å². The summed E-state index contributed by atoms with van der Waals surface area (Å²) in [5, 5.41) is 9.41. The number of aromatic nitrogens is 1. The summed E-state index contributed by atoms with van der Waals surface area (Å²) >= 11 is 11.6. The number of rotatable bonds is 2. The molecule has 1 aromatic heterocycles. The van der Waals surface area contributed by atoms with Crippen molar-refractivity contribution in [2.24, 2.45) is 0 Å². The second kappa shape index (κ2) is 5.91. The van der Waals surface area contributed by atoms with Crippen molar-refractivity contribution in [3.63, 3.8) is 0 Å². The van der Waals surface area contributed by atoms with Crippen molar-refractivity contribution in [1.29, 1.82) is 5.26 Å². The highest BCUT2D eigenvalue weighted by molar-refractivity contribution is 6.41. The Kier molecular flexibility index (Phi) is 4.23. The molecule has 1 heterocycles. The Bertz CT molecular complexity index is 710. The number of pyridine rings is 1. The average Bonchev–Trinajstić information content (AvgIpc) is 2.48. The summed E-state index contributed by atoms with van der Waals surface area (Å²) in [6.45, 7) is 0. The van der Waals surface area contributed by atoms with Crippen molar-refractivity contribution in [1.82, 2.24) is 4.98 Å². The number of carbonyl (C=O) groups is 1. The van der Waals surface area contributed by atoms with E-state index < -0.39 is 0 Å². The number of para-hydroxylation sites is 1.